The number of hydrogen-bond acceptors (Lipinski definition) is 2. The second-order valence-corrected chi connectivity index (χ2v) is 3.81. The summed E-state index contributed by atoms with van der Waals surface area (Å²) in [7, 11) is 0. The van der Waals surface area contributed by atoms with E-state index < -0.39 is 5.82 Å². The summed E-state index contributed by atoms with van der Waals surface area (Å²) in [6.45, 7) is 1.65. The van der Waals surface area contributed by atoms with Gasteiger partial charge in [0.25, 0.3) is 0 Å². The molecule has 16 heavy (non-hydrogen) atoms. The lowest BCUT2D eigenvalue weighted by Gasteiger charge is -2.05. The number of aromatic hydroxyl groups is 1. The minimum absolute atomic E-state index is 0.0602. The third kappa shape index (κ3) is 1.86. The largest absolute Gasteiger partial charge is 0.506 e. The van der Waals surface area contributed by atoms with E-state index in [1.807, 2.05) is 0 Å². The van der Waals surface area contributed by atoms with Gasteiger partial charge in [-0.05, 0) is 31.2 Å². The summed E-state index contributed by atoms with van der Waals surface area (Å²) in [6.07, 6.45) is 0. The fraction of sp³-hybridized carbons (Fsp3) is 0.0833. The molecule has 2 aromatic rings. The van der Waals surface area contributed by atoms with E-state index in [9.17, 15) is 9.50 Å². The van der Waals surface area contributed by atoms with Gasteiger partial charge in [0.2, 0.25) is 0 Å². The van der Waals surface area contributed by atoms with Crippen LogP contribution in [0.4, 0.5) is 4.39 Å². The van der Waals surface area contributed by atoms with E-state index in [0.717, 1.165) is 0 Å². The van der Waals surface area contributed by atoms with E-state index in [1.165, 1.54) is 12.1 Å². The van der Waals surface area contributed by atoms with Crippen molar-refractivity contribution >= 4 is 11.6 Å². The zero-order valence-corrected chi connectivity index (χ0v) is 9.29. The van der Waals surface area contributed by atoms with Gasteiger partial charge in [0.1, 0.15) is 5.75 Å². The van der Waals surface area contributed by atoms with Crippen LogP contribution in [0, 0.1) is 12.7 Å². The van der Waals surface area contributed by atoms with Crippen LogP contribution in [0.3, 0.4) is 0 Å². The predicted molar refractivity (Wildman–Crippen MR) is 61.0 cm³/mol. The highest BCUT2D eigenvalue weighted by molar-refractivity contribution is 6.31. The van der Waals surface area contributed by atoms with Gasteiger partial charge >= 0.3 is 0 Å². The highest BCUT2D eigenvalue weighted by atomic mass is 35.5. The molecule has 0 aliphatic rings. The van der Waals surface area contributed by atoms with Crippen molar-refractivity contribution in [2.75, 3.05) is 0 Å². The van der Waals surface area contributed by atoms with E-state index >= 15 is 0 Å². The normalized spacial score (nSPS) is 10.4. The van der Waals surface area contributed by atoms with Crippen molar-refractivity contribution in [1.29, 1.82) is 0 Å². The molecule has 2 rings (SSSR count). The fourth-order valence-corrected chi connectivity index (χ4v) is 1.58. The number of hydrogen-bond donors (Lipinski definition) is 1. The maximum atomic E-state index is 13.7. The first kappa shape index (κ1) is 10.9. The van der Waals surface area contributed by atoms with Crippen LogP contribution in [0.1, 0.15) is 5.69 Å². The molecule has 0 spiro atoms. The van der Waals surface area contributed by atoms with Crippen LogP contribution in [-0.2, 0) is 0 Å². The first-order valence-corrected chi connectivity index (χ1v) is 5.08. The van der Waals surface area contributed by atoms with Gasteiger partial charge in [-0.15, -0.1) is 0 Å². The molecule has 0 aliphatic heterocycles. The maximum absolute atomic E-state index is 13.7. The summed E-state index contributed by atoms with van der Waals surface area (Å²) in [6, 6.07) is 7.77. The van der Waals surface area contributed by atoms with Crippen LogP contribution < -0.4 is 0 Å². The molecule has 0 bridgehead atoms. The number of halogens is 2. The Labute approximate surface area is 97.3 Å². The molecular formula is C12H9ClFNO. The fourth-order valence-electron chi connectivity index (χ4n) is 1.41. The van der Waals surface area contributed by atoms with Crippen molar-refractivity contribution in [3.8, 4) is 17.0 Å². The topological polar surface area (TPSA) is 33.1 Å². The molecule has 1 heterocycles. The average Bonchev–Trinajstić information content (AvgIpc) is 2.26. The molecule has 0 aliphatic carbocycles. The highest BCUT2D eigenvalue weighted by Gasteiger charge is 2.10. The molecule has 1 N–H and O–H groups in total. The predicted octanol–water partition coefficient (Wildman–Crippen LogP) is 3.56. The molecule has 0 atom stereocenters. The standard InChI is InChI=1S/C12H9ClFNO/c1-7-11(16)6-5-10(15-7)8-3-2-4-9(13)12(8)14/h2-6,16H,1H3. The summed E-state index contributed by atoms with van der Waals surface area (Å²) in [4.78, 5) is 4.10. The molecule has 0 saturated heterocycles. The Morgan fingerprint density at radius 2 is 2.00 bits per heavy atom. The van der Waals surface area contributed by atoms with Gasteiger partial charge in [-0.1, -0.05) is 17.7 Å². The lowest BCUT2D eigenvalue weighted by atomic mass is 10.1. The van der Waals surface area contributed by atoms with E-state index in [1.54, 1.807) is 25.1 Å². The van der Waals surface area contributed by atoms with E-state index in [0.29, 0.717) is 17.0 Å². The van der Waals surface area contributed by atoms with Gasteiger partial charge < -0.3 is 5.11 Å². The number of rotatable bonds is 1. The lowest BCUT2D eigenvalue weighted by Crippen LogP contribution is -1.91. The van der Waals surface area contributed by atoms with Crippen LogP contribution in [-0.4, -0.2) is 10.1 Å². The molecule has 0 fully saturated rings. The van der Waals surface area contributed by atoms with Crippen molar-refractivity contribution in [3.05, 3.63) is 46.9 Å². The summed E-state index contributed by atoms with van der Waals surface area (Å²) < 4.78 is 13.7. The third-order valence-corrected chi connectivity index (χ3v) is 2.58. The average molecular weight is 238 g/mol. The van der Waals surface area contributed by atoms with Gasteiger partial charge in [-0.2, -0.15) is 0 Å². The molecule has 0 unspecified atom stereocenters. The summed E-state index contributed by atoms with van der Waals surface area (Å²) in [5.41, 5.74) is 1.24. The zero-order chi connectivity index (χ0) is 11.7. The molecule has 0 amide bonds. The quantitative estimate of drug-likeness (QED) is 0.823. The second-order valence-electron chi connectivity index (χ2n) is 3.40. The molecule has 0 radical (unpaired) electrons. The first-order chi connectivity index (χ1) is 7.59. The molecule has 0 saturated carbocycles. The van der Waals surface area contributed by atoms with Crippen molar-refractivity contribution in [2.24, 2.45) is 0 Å². The van der Waals surface area contributed by atoms with Crippen LogP contribution in [0.15, 0.2) is 30.3 Å². The third-order valence-electron chi connectivity index (χ3n) is 2.29. The number of benzene rings is 1. The van der Waals surface area contributed by atoms with Crippen molar-refractivity contribution in [3.63, 3.8) is 0 Å². The first-order valence-electron chi connectivity index (χ1n) is 4.70. The maximum Gasteiger partial charge on any atom is 0.151 e. The van der Waals surface area contributed by atoms with Crippen molar-refractivity contribution < 1.29 is 9.50 Å². The van der Waals surface area contributed by atoms with Crippen LogP contribution >= 0.6 is 11.6 Å². The Bertz CT molecular complexity index is 543. The minimum Gasteiger partial charge on any atom is -0.506 e. The smallest absolute Gasteiger partial charge is 0.151 e. The summed E-state index contributed by atoms with van der Waals surface area (Å²) in [5.74, 6) is -0.409. The van der Waals surface area contributed by atoms with E-state index in [-0.39, 0.29) is 10.8 Å². The number of aryl methyl sites for hydroxylation is 1. The summed E-state index contributed by atoms with van der Waals surface area (Å²) in [5, 5.41) is 9.39. The lowest BCUT2D eigenvalue weighted by molar-refractivity contribution is 0.468. The van der Waals surface area contributed by atoms with Crippen molar-refractivity contribution in [2.45, 2.75) is 6.92 Å². The highest BCUT2D eigenvalue weighted by Crippen LogP contribution is 2.27. The Balaban J connectivity index is 2.59. The number of pyridine rings is 1. The van der Waals surface area contributed by atoms with Crippen LogP contribution in [0.25, 0.3) is 11.3 Å². The molecular weight excluding hydrogens is 229 g/mol. The van der Waals surface area contributed by atoms with Gasteiger partial charge in [0.15, 0.2) is 5.82 Å². The van der Waals surface area contributed by atoms with Crippen molar-refractivity contribution in [1.82, 2.24) is 4.98 Å². The zero-order valence-electron chi connectivity index (χ0n) is 8.54. The molecule has 1 aromatic heterocycles. The minimum atomic E-state index is -0.498. The van der Waals surface area contributed by atoms with Gasteiger partial charge in [0.05, 0.1) is 16.4 Å². The number of nitrogens with zero attached hydrogens (tertiary/aromatic N) is 1. The molecule has 2 nitrogen and oxygen atoms in total. The molecule has 82 valence electrons. The Kier molecular flexibility index (Phi) is 2.79. The summed E-state index contributed by atoms with van der Waals surface area (Å²) >= 11 is 5.68. The second kappa shape index (κ2) is 4.10. The van der Waals surface area contributed by atoms with Crippen LogP contribution in [0.5, 0.6) is 5.75 Å². The Morgan fingerprint density at radius 3 is 2.69 bits per heavy atom. The van der Waals surface area contributed by atoms with E-state index in [2.05, 4.69) is 4.98 Å². The Hall–Kier alpha value is -1.61. The Morgan fingerprint density at radius 1 is 1.25 bits per heavy atom. The van der Waals surface area contributed by atoms with E-state index in [4.69, 9.17) is 11.6 Å². The molecule has 4 heteroatoms. The van der Waals surface area contributed by atoms with Gasteiger partial charge in [0, 0.05) is 5.56 Å². The molecule has 1 aromatic carbocycles. The SMILES string of the molecule is Cc1nc(-c2cccc(Cl)c2F)ccc1O. The monoisotopic (exact) mass is 237 g/mol. The van der Waals surface area contributed by atoms with Gasteiger partial charge in [-0.25, -0.2) is 9.37 Å². The van der Waals surface area contributed by atoms with Crippen LogP contribution in [0.2, 0.25) is 5.02 Å². The van der Waals surface area contributed by atoms with Gasteiger partial charge in [-0.3, -0.25) is 0 Å². The number of aromatic nitrogens is 1.